The maximum Gasteiger partial charge on any atom is 0.255 e. The number of carbonyl (C=O) groups excluding carboxylic acids is 2. The van der Waals surface area contributed by atoms with Crippen LogP contribution in [0.5, 0.6) is 0 Å². The predicted molar refractivity (Wildman–Crippen MR) is 140 cm³/mol. The van der Waals surface area contributed by atoms with Crippen LogP contribution in [0.3, 0.4) is 0 Å². The van der Waals surface area contributed by atoms with Crippen molar-refractivity contribution in [1.82, 2.24) is 15.2 Å². The van der Waals surface area contributed by atoms with Gasteiger partial charge in [-0.15, -0.1) is 0 Å². The molecule has 1 aromatic heterocycles. The number of hydrogen-bond acceptors (Lipinski definition) is 2. The molecule has 35 heavy (non-hydrogen) atoms. The van der Waals surface area contributed by atoms with Gasteiger partial charge in [0.15, 0.2) is 0 Å². The highest BCUT2D eigenvalue weighted by molar-refractivity contribution is 6.02. The summed E-state index contributed by atoms with van der Waals surface area (Å²) in [5, 5.41) is 4.10. The molecule has 1 aliphatic rings. The second kappa shape index (κ2) is 8.73. The summed E-state index contributed by atoms with van der Waals surface area (Å²) >= 11 is 0. The number of aromatic nitrogens is 1. The number of carbonyl (C=O) groups is 2. The SMILES string of the molecule is Cc1ccc(-c2[nH]c3ccccc3c2C2c3ccccc3C(=O)N2CCC(=O)NC(C)(C)C)cc1. The summed E-state index contributed by atoms with van der Waals surface area (Å²) < 4.78 is 0. The molecule has 3 aromatic carbocycles. The minimum Gasteiger partial charge on any atom is -0.354 e. The smallest absolute Gasteiger partial charge is 0.255 e. The van der Waals surface area contributed by atoms with Gasteiger partial charge in [0.2, 0.25) is 5.91 Å². The predicted octanol–water partition coefficient (Wildman–Crippen LogP) is 5.99. The van der Waals surface area contributed by atoms with E-state index in [1.54, 1.807) is 0 Å². The maximum atomic E-state index is 13.6. The van der Waals surface area contributed by atoms with E-state index in [2.05, 4.69) is 53.6 Å². The van der Waals surface area contributed by atoms with E-state index >= 15 is 0 Å². The quantitative estimate of drug-likeness (QED) is 0.380. The Kier molecular flexibility index (Phi) is 5.72. The van der Waals surface area contributed by atoms with Crippen molar-refractivity contribution in [2.24, 2.45) is 0 Å². The molecule has 2 N–H and O–H groups in total. The number of H-pyrrole nitrogens is 1. The first-order valence-electron chi connectivity index (χ1n) is 12.1. The molecule has 0 saturated carbocycles. The summed E-state index contributed by atoms with van der Waals surface area (Å²) in [6.07, 6.45) is 0.246. The Morgan fingerprint density at radius 2 is 1.66 bits per heavy atom. The molecule has 5 heteroatoms. The van der Waals surface area contributed by atoms with Crippen LogP contribution in [0.1, 0.15) is 60.3 Å². The number of aromatic amines is 1. The Balaban J connectivity index is 1.64. The fraction of sp³-hybridized carbons (Fsp3) is 0.267. The van der Waals surface area contributed by atoms with Crippen molar-refractivity contribution in [3.8, 4) is 11.3 Å². The van der Waals surface area contributed by atoms with Gasteiger partial charge in [0, 0.05) is 40.5 Å². The Morgan fingerprint density at radius 3 is 2.40 bits per heavy atom. The number of amides is 2. The summed E-state index contributed by atoms with van der Waals surface area (Å²) in [6, 6.07) is 24.2. The normalized spacial score (nSPS) is 15.5. The molecule has 0 saturated heterocycles. The van der Waals surface area contributed by atoms with Gasteiger partial charge in [-0.2, -0.15) is 0 Å². The van der Waals surface area contributed by atoms with Crippen molar-refractivity contribution >= 4 is 22.7 Å². The lowest BCUT2D eigenvalue weighted by molar-refractivity contribution is -0.122. The molecule has 178 valence electrons. The zero-order valence-corrected chi connectivity index (χ0v) is 20.7. The van der Waals surface area contributed by atoms with Crippen LogP contribution >= 0.6 is 0 Å². The first kappa shape index (κ1) is 22.9. The van der Waals surface area contributed by atoms with Crippen molar-refractivity contribution in [2.45, 2.75) is 45.7 Å². The van der Waals surface area contributed by atoms with Gasteiger partial charge in [-0.05, 0) is 51.0 Å². The van der Waals surface area contributed by atoms with Crippen molar-refractivity contribution < 1.29 is 9.59 Å². The van der Waals surface area contributed by atoms with Crippen LogP contribution in [-0.4, -0.2) is 33.8 Å². The molecule has 0 spiro atoms. The summed E-state index contributed by atoms with van der Waals surface area (Å²) in [7, 11) is 0. The van der Waals surface area contributed by atoms with Crippen LogP contribution in [0.15, 0.2) is 72.8 Å². The molecule has 5 rings (SSSR count). The van der Waals surface area contributed by atoms with Crippen molar-refractivity contribution in [3.05, 3.63) is 95.1 Å². The Labute approximate surface area is 206 Å². The van der Waals surface area contributed by atoms with Crippen LogP contribution in [0.2, 0.25) is 0 Å². The fourth-order valence-electron chi connectivity index (χ4n) is 5.01. The molecule has 0 bridgehead atoms. The topological polar surface area (TPSA) is 65.2 Å². The van der Waals surface area contributed by atoms with Crippen LogP contribution in [-0.2, 0) is 4.79 Å². The zero-order chi connectivity index (χ0) is 24.7. The molecule has 0 fully saturated rings. The highest BCUT2D eigenvalue weighted by Gasteiger charge is 2.40. The molecule has 1 aliphatic heterocycles. The summed E-state index contributed by atoms with van der Waals surface area (Å²) in [4.78, 5) is 31.8. The van der Waals surface area contributed by atoms with Crippen LogP contribution < -0.4 is 5.32 Å². The van der Waals surface area contributed by atoms with Gasteiger partial charge < -0.3 is 15.2 Å². The second-order valence-corrected chi connectivity index (χ2v) is 10.4. The molecule has 2 amide bonds. The number of aryl methyl sites for hydroxylation is 1. The van der Waals surface area contributed by atoms with Gasteiger partial charge >= 0.3 is 0 Å². The first-order valence-corrected chi connectivity index (χ1v) is 12.1. The molecular formula is C30H31N3O2. The highest BCUT2D eigenvalue weighted by Crippen LogP contribution is 2.45. The Bertz CT molecular complexity index is 1410. The fourth-order valence-corrected chi connectivity index (χ4v) is 5.01. The van der Waals surface area contributed by atoms with Gasteiger partial charge in [0.25, 0.3) is 5.91 Å². The highest BCUT2D eigenvalue weighted by atomic mass is 16.2. The van der Waals surface area contributed by atoms with Crippen molar-refractivity contribution in [1.29, 1.82) is 0 Å². The van der Waals surface area contributed by atoms with Gasteiger partial charge in [-0.25, -0.2) is 0 Å². The molecule has 2 heterocycles. The van der Waals surface area contributed by atoms with Gasteiger partial charge in [0.1, 0.15) is 0 Å². The zero-order valence-electron chi connectivity index (χ0n) is 20.7. The lowest BCUT2D eigenvalue weighted by Crippen LogP contribution is -2.42. The number of para-hydroxylation sites is 1. The summed E-state index contributed by atoms with van der Waals surface area (Å²) in [5.74, 6) is -0.0908. The minimum atomic E-state index is -0.316. The van der Waals surface area contributed by atoms with E-state index < -0.39 is 0 Å². The van der Waals surface area contributed by atoms with E-state index in [0.717, 1.165) is 33.3 Å². The summed E-state index contributed by atoms with van der Waals surface area (Å²) in [5.41, 5.74) is 6.73. The average Bonchev–Trinajstić information content (AvgIpc) is 3.32. The third-order valence-corrected chi connectivity index (χ3v) is 6.51. The van der Waals surface area contributed by atoms with E-state index in [1.807, 2.05) is 62.1 Å². The maximum absolute atomic E-state index is 13.6. The Hall–Kier alpha value is -3.86. The van der Waals surface area contributed by atoms with E-state index in [0.29, 0.717) is 12.1 Å². The lowest BCUT2D eigenvalue weighted by Gasteiger charge is -2.27. The average molecular weight is 466 g/mol. The van der Waals surface area contributed by atoms with Crippen molar-refractivity contribution in [3.63, 3.8) is 0 Å². The molecule has 1 atom stereocenters. The van der Waals surface area contributed by atoms with Gasteiger partial charge in [-0.1, -0.05) is 66.2 Å². The molecule has 1 unspecified atom stereocenters. The van der Waals surface area contributed by atoms with E-state index in [9.17, 15) is 9.59 Å². The van der Waals surface area contributed by atoms with Gasteiger partial charge in [0.05, 0.1) is 11.7 Å². The third-order valence-electron chi connectivity index (χ3n) is 6.51. The lowest BCUT2D eigenvalue weighted by atomic mass is 9.93. The largest absolute Gasteiger partial charge is 0.354 e. The molecule has 4 aromatic rings. The Morgan fingerprint density at radius 1 is 0.971 bits per heavy atom. The van der Waals surface area contributed by atoms with E-state index in [-0.39, 0.29) is 29.8 Å². The number of nitrogens with zero attached hydrogens (tertiary/aromatic N) is 1. The monoisotopic (exact) mass is 465 g/mol. The van der Waals surface area contributed by atoms with Crippen molar-refractivity contribution in [2.75, 3.05) is 6.54 Å². The number of benzene rings is 3. The van der Waals surface area contributed by atoms with Crippen LogP contribution in [0.25, 0.3) is 22.2 Å². The molecule has 0 radical (unpaired) electrons. The molecule has 5 nitrogen and oxygen atoms in total. The number of hydrogen-bond donors (Lipinski definition) is 2. The second-order valence-electron chi connectivity index (χ2n) is 10.4. The number of rotatable bonds is 5. The number of nitrogens with one attached hydrogen (secondary N) is 2. The minimum absolute atomic E-state index is 0.0331. The number of fused-ring (bicyclic) bond motifs is 2. The third kappa shape index (κ3) is 4.34. The molecular weight excluding hydrogens is 434 g/mol. The standard InChI is InChI=1S/C30H31N3O2/c1-19-13-15-20(16-14-19)27-26(23-11-7-8-12-24(23)31-27)28-21-9-5-6-10-22(21)29(35)33(28)18-17-25(34)32-30(2,3)4/h5-16,28,31H,17-18H2,1-4H3,(H,32,34). The van der Waals surface area contributed by atoms with E-state index in [4.69, 9.17) is 0 Å². The molecule has 0 aliphatic carbocycles. The first-order chi connectivity index (χ1) is 16.7. The van der Waals surface area contributed by atoms with Gasteiger partial charge in [-0.3, -0.25) is 9.59 Å². The van der Waals surface area contributed by atoms with Crippen LogP contribution in [0, 0.1) is 6.92 Å². The van der Waals surface area contributed by atoms with E-state index in [1.165, 1.54) is 5.56 Å². The summed E-state index contributed by atoms with van der Waals surface area (Å²) in [6.45, 7) is 8.30. The van der Waals surface area contributed by atoms with Crippen LogP contribution in [0.4, 0.5) is 0 Å².